The average Bonchev–Trinajstić information content (AvgIpc) is 2.89. The Morgan fingerprint density at radius 3 is 2.50 bits per heavy atom. The van der Waals surface area contributed by atoms with Crippen LogP contribution in [0.25, 0.3) is 0 Å². The van der Waals surface area contributed by atoms with Gasteiger partial charge in [0.2, 0.25) is 0 Å². The predicted octanol–water partition coefficient (Wildman–Crippen LogP) is 1.15. The fourth-order valence-electron chi connectivity index (χ4n) is 2.25. The van der Waals surface area contributed by atoms with E-state index >= 15 is 0 Å². The van der Waals surface area contributed by atoms with Crippen molar-refractivity contribution in [2.24, 2.45) is 7.05 Å². The van der Waals surface area contributed by atoms with Gasteiger partial charge in [0.25, 0.3) is 5.56 Å². The molecule has 6 nitrogen and oxygen atoms in total. The van der Waals surface area contributed by atoms with Crippen LogP contribution < -0.4 is 11.2 Å². The summed E-state index contributed by atoms with van der Waals surface area (Å²) in [7, 11) is 1.63. The fourth-order valence-corrected chi connectivity index (χ4v) is 2.25. The molecule has 0 fully saturated rings. The Kier molecular flexibility index (Phi) is 4.22. The minimum absolute atomic E-state index is 0.208. The highest BCUT2D eigenvalue weighted by molar-refractivity contribution is 5.01. The molecule has 0 atom stereocenters. The summed E-state index contributed by atoms with van der Waals surface area (Å²) in [6.45, 7) is 4.44. The maximum atomic E-state index is 11.9. The number of aryl methyl sites for hydroxylation is 1. The first-order valence-corrected chi connectivity index (χ1v) is 6.87. The summed E-state index contributed by atoms with van der Waals surface area (Å²) in [5.41, 5.74) is 0.0991. The van der Waals surface area contributed by atoms with Crippen LogP contribution in [0.3, 0.4) is 0 Å². The standard InChI is InChI=1S/C14H20N4O2/c1-4-12(5-2)18-9-6-11(15-18)10-17-13(19)7-8-16(3)14(17)20/h6-9,12H,4-5,10H2,1-3H3. The van der Waals surface area contributed by atoms with E-state index < -0.39 is 0 Å². The molecule has 0 aliphatic heterocycles. The molecule has 0 radical (unpaired) electrons. The van der Waals surface area contributed by atoms with E-state index in [1.165, 1.54) is 21.4 Å². The Hall–Kier alpha value is -2.11. The second-order valence-corrected chi connectivity index (χ2v) is 4.89. The zero-order valence-corrected chi connectivity index (χ0v) is 12.1. The summed E-state index contributed by atoms with van der Waals surface area (Å²) in [4.78, 5) is 23.7. The Labute approximate surface area is 117 Å². The van der Waals surface area contributed by atoms with Crippen LogP contribution in [0.1, 0.15) is 38.4 Å². The highest BCUT2D eigenvalue weighted by Gasteiger charge is 2.10. The van der Waals surface area contributed by atoms with Crippen molar-refractivity contribution in [3.63, 3.8) is 0 Å². The van der Waals surface area contributed by atoms with Gasteiger partial charge in [0.15, 0.2) is 0 Å². The van der Waals surface area contributed by atoms with E-state index in [4.69, 9.17) is 0 Å². The largest absolute Gasteiger partial charge is 0.331 e. The molecule has 0 unspecified atom stereocenters. The highest BCUT2D eigenvalue weighted by Crippen LogP contribution is 2.14. The molecular formula is C14H20N4O2. The van der Waals surface area contributed by atoms with Crippen molar-refractivity contribution in [1.82, 2.24) is 18.9 Å². The van der Waals surface area contributed by atoms with Gasteiger partial charge in [-0.25, -0.2) is 4.79 Å². The predicted molar refractivity (Wildman–Crippen MR) is 76.9 cm³/mol. The lowest BCUT2D eigenvalue weighted by Gasteiger charge is -2.12. The van der Waals surface area contributed by atoms with Gasteiger partial charge in [0, 0.05) is 25.5 Å². The second-order valence-electron chi connectivity index (χ2n) is 4.89. The summed E-state index contributed by atoms with van der Waals surface area (Å²) < 4.78 is 4.49. The third-order valence-corrected chi connectivity index (χ3v) is 3.54. The molecule has 0 aliphatic carbocycles. The fraction of sp³-hybridized carbons (Fsp3) is 0.500. The number of aromatic nitrogens is 4. The number of nitrogens with zero attached hydrogens (tertiary/aromatic N) is 4. The smallest absolute Gasteiger partial charge is 0.303 e. The lowest BCUT2D eigenvalue weighted by Crippen LogP contribution is -2.38. The third kappa shape index (κ3) is 2.74. The minimum atomic E-state index is -0.324. The van der Waals surface area contributed by atoms with Gasteiger partial charge in [-0.05, 0) is 18.9 Å². The third-order valence-electron chi connectivity index (χ3n) is 3.54. The number of hydrogen-bond donors (Lipinski definition) is 0. The van der Waals surface area contributed by atoms with E-state index in [0.29, 0.717) is 6.04 Å². The van der Waals surface area contributed by atoms with Crippen molar-refractivity contribution in [2.45, 2.75) is 39.3 Å². The maximum Gasteiger partial charge on any atom is 0.331 e. The quantitative estimate of drug-likeness (QED) is 0.823. The van der Waals surface area contributed by atoms with Crippen LogP contribution in [-0.2, 0) is 13.6 Å². The molecule has 108 valence electrons. The number of rotatable bonds is 5. The first-order valence-electron chi connectivity index (χ1n) is 6.87. The Morgan fingerprint density at radius 1 is 1.15 bits per heavy atom. The van der Waals surface area contributed by atoms with Crippen LogP contribution in [0.5, 0.6) is 0 Å². The Balaban J connectivity index is 2.30. The lowest BCUT2D eigenvalue weighted by atomic mass is 10.2. The summed E-state index contributed by atoms with van der Waals surface area (Å²) in [6, 6.07) is 3.61. The van der Waals surface area contributed by atoms with Crippen molar-refractivity contribution < 1.29 is 0 Å². The topological polar surface area (TPSA) is 61.8 Å². The molecule has 0 aromatic carbocycles. The van der Waals surface area contributed by atoms with E-state index in [2.05, 4.69) is 18.9 Å². The van der Waals surface area contributed by atoms with E-state index in [1.54, 1.807) is 7.05 Å². The van der Waals surface area contributed by atoms with Crippen LogP contribution in [-0.4, -0.2) is 18.9 Å². The normalized spacial score (nSPS) is 11.2. The van der Waals surface area contributed by atoms with Crippen molar-refractivity contribution in [2.75, 3.05) is 0 Å². The molecule has 0 amide bonds. The average molecular weight is 276 g/mol. The van der Waals surface area contributed by atoms with Crippen LogP contribution in [0, 0.1) is 0 Å². The lowest BCUT2D eigenvalue weighted by molar-refractivity contribution is 0.424. The SMILES string of the molecule is CCC(CC)n1ccc(Cn2c(=O)ccn(C)c2=O)n1. The maximum absolute atomic E-state index is 11.9. The highest BCUT2D eigenvalue weighted by atomic mass is 16.2. The zero-order valence-electron chi connectivity index (χ0n) is 12.1. The zero-order chi connectivity index (χ0) is 14.7. The molecule has 0 bridgehead atoms. The molecule has 6 heteroatoms. The molecule has 2 rings (SSSR count). The van der Waals surface area contributed by atoms with Gasteiger partial charge in [0.05, 0.1) is 18.3 Å². The van der Waals surface area contributed by atoms with Crippen molar-refractivity contribution in [3.05, 3.63) is 51.1 Å². The summed E-state index contributed by atoms with van der Waals surface area (Å²) >= 11 is 0. The van der Waals surface area contributed by atoms with Gasteiger partial charge in [-0.2, -0.15) is 5.10 Å². The second kappa shape index (κ2) is 5.90. The summed E-state index contributed by atoms with van der Waals surface area (Å²) in [5, 5.41) is 4.47. The molecule has 2 aromatic heterocycles. The summed E-state index contributed by atoms with van der Waals surface area (Å²) in [6.07, 6.45) is 5.39. The van der Waals surface area contributed by atoms with Crippen LogP contribution in [0.4, 0.5) is 0 Å². The van der Waals surface area contributed by atoms with Crippen molar-refractivity contribution in [3.8, 4) is 0 Å². The van der Waals surface area contributed by atoms with E-state index in [0.717, 1.165) is 18.5 Å². The van der Waals surface area contributed by atoms with Crippen LogP contribution in [0.2, 0.25) is 0 Å². The molecule has 2 heterocycles. The molecular weight excluding hydrogens is 256 g/mol. The summed E-state index contributed by atoms with van der Waals surface area (Å²) in [5.74, 6) is 0. The van der Waals surface area contributed by atoms with Gasteiger partial charge in [-0.1, -0.05) is 13.8 Å². The van der Waals surface area contributed by atoms with Gasteiger partial charge < -0.3 is 4.57 Å². The van der Waals surface area contributed by atoms with Crippen molar-refractivity contribution >= 4 is 0 Å². The molecule has 0 saturated carbocycles. The van der Waals surface area contributed by atoms with Gasteiger partial charge in [-0.15, -0.1) is 0 Å². The van der Waals surface area contributed by atoms with Gasteiger partial charge in [0.1, 0.15) is 0 Å². The van der Waals surface area contributed by atoms with Crippen LogP contribution >= 0.6 is 0 Å². The van der Waals surface area contributed by atoms with Crippen LogP contribution in [0.15, 0.2) is 34.1 Å². The molecule has 2 aromatic rings. The Bertz CT molecular complexity index is 692. The molecule has 0 spiro atoms. The van der Waals surface area contributed by atoms with E-state index in [-0.39, 0.29) is 17.8 Å². The molecule has 0 aliphatic rings. The minimum Gasteiger partial charge on any atom is -0.303 e. The molecule has 0 saturated heterocycles. The Morgan fingerprint density at radius 2 is 1.85 bits per heavy atom. The monoisotopic (exact) mass is 276 g/mol. The van der Waals surface area contributed by atoms with Gasteiger partial charge in [-0.3, -0.25) is 14.0 Å². The number of hydrogen-bond acceptors (Lipinski definition) is 3. The molecule has 0 N–H and O–H groups in total. The van der Waals surface area contributed by atoms with E-state index in [9.17, 15) is 9.59 Å². The molecule has 20 heavy (non-hydrogen) atoms. The van der Waals surface area contributed by atoms with E-state index in [1.807, 2.05) is 16.9 Å². The first kappa shape index (κ1) is 14.3. The first-order chi connectivity index (χ1) is 9.56. The van der Waals surface area contributed by atoms with Gasteiger partial charge >= 0.3 is 5.69 Å². The van der Waals surface area contributed by atoms with Crippen molar-refractivity contribution in [1.29, 1.82) is 0 Å².